The van der Waals surface area contributed by atoms with Crippen molar-refractivity contribution in [2.24, 2.45) is 0 Å². The van der Waals surface area contributed by atoms with E-state index in [1.807, 2.05) is 43.3 Å². The quantitative estimate of drug-likeness (QED) is 0.294. The molecule has 0 aliphatic carbocycles. The lowest BCUT2D eigenvalue weighted by Crippen LogP contribution is -2.33. The van der Waals surface area contributed by atoms with Gasteiger partial charge in [-0.05, 0) is 73.8 Å². The van der Waals surface area contributed by atoms with Crippen LogP contribution in [0.3, 0.4) is 0 Å². The van der Waals surface area contributed by atoms with E-state index in [1.54, 1.807) is 11.0 Å². The van der Waals surface area contributed by atoms with Crippen LogP contribution in [0, 0.1) is 0 Å². The summed E-state index contributed by atoms with van der Waals surface area (Å²) >= 11 is 0. The fourth-order valence-corrected chi connectivity index (χ4v) is 5.25. The molecule has 2 aromatic carbocycles. The van der Waals surface area contributed by atoms with Gasteiger partial charge in [-0.15, -0.1) is 0 Å². The minimum Gasteiger partial charge on any atom is -0.507 e. The van der Waals surface area contributed by atoms with Crippen LogP contribution >= 0.6 is 0 Å². The molecule has 1 amide bonds. The molecule has 0 radical (unpaired) electrons. The highest BCUT2D eigenvalue weighted by Crippen LogP contribution is 2.41. The largest absolute Gasteiger partial charge is 0.507 e. The molecule has 2 aromatic rings. The van der Waals surface area contributed by atoms with Gasteiger partial charge in [0.2, 0.25) is 0 Å². The van der Waals surface area contributed by atoms with Crippen LogP contribution in [0.25, 0.3) is 5.76 Å². The minimum atomic E-state index is -0.626. The first kappa shape index (κ1) is 26.0. The van der Waals surface area contributed by atoms with E-state index in [0.29, 0.717) is 18.0 Å². The van der Waals surface area contributed by atoms with Gasteiger partial charge in [-0.3, -0.25) is 9.59 Å². The van der Waals surface area contributed by atoms with Crippen molar-refractivity contribution in [2.45, 2.75) is 65.5 Å². The lowest BCUT2D eigenvalue weighted by molar-refractivity contribution is -0.140. The van der Waals surface area contributed by atoms with Crippen LogP contribution in [0.2, 0.25) is 0 Å². The van der Waals surface area contributed by atoms with Crippen LogP contribution in [-0.4, -0.2) is 58.9 Å². The Morgan fingerprint density at radius 3 is 2.44 bits per heavy atom. The van der Waals surface area contributed by atoms with Crippen molar-refractivity contribution >= 4 is 17.4 Å². The predicted octanol–water partition coefficient (Wildman–Crippen LogP) is 5.29. The van der Waals surface area contributed by atoms with E-state index < -0.39 is 17.7 Å². The summed E-state index contributed by atoms with van der Waals surface area (Å²) < 4.78 is 5.79. The molecule has 2 heterocycles. The topological polar surface area (TPSA) is 70.1 Å². The number of nitrogens with zero attached hydrogens (tertiary/aromatic N) is 2. The van der Waals surface area contributed by atoms with Crippen LogP contribution in [0.4, 0.5) is 0 Å². The molecule has 2 atom stereocenters. The van der Waals surface area contributed by atoms with E-state index in [0.717, 1.165) is 49.4 Å². The second-order valence-corrected chi connectivity index (χ2v) is 10.1. The summed E-state index contributed by atoms with van der Waals surface area (Å²) in [7, 11) is 0. The summed E-state index contributed by atoms with van der Waals surface area (Å²) in [5, 5.41) is 11.4. The molecule has 192 valence electrons. The average Bonchev–Trinajstić information content (AvgIpc) is 3.37. The second-order valence-electron chi connectivity index (χ2n) is 10.1. The average molecular weight is 491 g/mol. The summed E-state index contributed by atoms with van der Waals surface area (Å²) in [5.74, 6) is -0.127. The van der Waals surface area contributed by atoms with Crippen LogP contribution in [0.1, 0.15) is 75.3 Å². The summed E-state index contributed by atoms with van der Waals surface area (Å²) in [5.41, 5.74) is 3.72. The number of hydrogen-bond donors (Lipinski definition) is 1. The Balaban J connectivity index is 1.73. The summed E-state index contributed by atoms with van der Waals surface area (Å²) in [6.45, 7) is 13.7. The zero-order valence-corrected chi connectivity index (χ0v) is 22.1. The first-order chi connectivity index (χ1) is 17.2. The van der Waals surface area contributed by atoms with Crippen LogP contribution in [0.15, 0.2) is 48.0 Å². The van der Waals surface area contributed by atoms with Crippen molar-refractivity contribution in [3.8, 4) is 5.75 Å². The molecule has 6 heteroatoms. The number of fused-ring (bicyclic) bond motifs is 1. The van der Waals surface area contributed by atoms with E-state index in [9.17, 15) is 14.7 Å². The number of benzene rings is 2. The number of likely N-dealkylation sites (tertiary alicyclic amines) is 1. The number of ketones is 1. The number of rotatable bonds is 9. The fourth-order valence-electron chi connectivity index (χ4n) is 5.25. The van der Waals surface area contributed by atoms with Crippen molar-refractivity contribution in [2.75, 3.05) is 26.2 Å². The van der Waals surface area contributed by atoms with Crippen LogP contribution < -0.4 is 4.74 Å². The van der Waals surface area contributed by atoms with Crippen molar-refractivity contribution in [3.63, 3.8) is 0 Å². The molecule has 0 saturated carbocycles. The van der Waals surface area contributed by atoms with E-state index in [4.69, 9.17) is 4.74 Å². The van der Waals surface area contributed by atoms with Gasteiger partial charge < -0.3 is 19.6 Å². The first-order valence-corrected chi connectivity index (χ1v) is 13.2. The highest BCUT2D eigenvalue weighted by Gasteiger charge is 2.45. The number of ether oxygens (including phenoxy) is 1. The minimum absolute atomic E-state index is 0.0771. The highest BCUT2D eigenvalue weighted by molar-refractivity contribution is 6.46. The molecular formula is C30H38N2O4. The Bertz CT molecular complexity index is 1150. The first-order valence-electron chi connectivity index (χ1n) is 13.2. The number of carbonyl (C=O) groups is 2. The Morgan fingerprint density at radius 1 is 1.11 bits per heavy atom. The number of amides is 1. The molecule has 1 fully saturated rings. The highest BCUT2D eigenvalue weighted by atomic mass is 16.5. The molecule has 0 aromatic heterocycles. The standard InChI is InChI=1S/C30H38N2O4/c1-6-31(7-2)15-8-16-32-27(22-11-9-21(10-12-22)19(3)4)26(29(34)30(32)35)28(33)23-13-14-25-24(18-23)17-20(5)36-25/h9-14,18-20,27,33H,6-8,15-17H2,1-5H3/t20-,27-/m0/s1. The Kier molecular flexibility index (Phi) is 7.84. The van der Waals surface area contributed by atoms with Crippen molar-refractivity contribution in [3.05, 3.63) is 70.3 Å². The van der Waals surface area contributed by atoms with E-state index in [-0.39, 0.29) is 17.4 Å². The smallest absolute Gasteiger partial charge is 0.295 e. The number of carbonyl (C=O) groups excluding carboxylic acids is 2. The zero-order valence-electron chi connectivity index (χ0n) is 22.1. The number of hydrogen-bond acceptors (Lipinski definition) is 5. The molecule has 2 aliphatic heterocycles. The third kappa shape index (κ3) is 5.05. The SMILES string of the molecule is CCN(CC)CCCN1C(=O)C(=O)C(=C(O)c2ccc3c(c2)C[C@H](C)O3)[C@@H]1c1ccc(C(C)C)cc1. The molecule has 0 unspecified atom stereocenters. The lowest BCUT2D eigenvalue weighted by atomic mass is 9.92. The van der Waals surface area contributed by atoms with Gasteiger partial charge in [0.1, 0.15) is 17.6 Å². The summed E-state index contributed by atoms with van der Waals surface area (Å²) in [6.07, 6.45) is 1.58. The Labute approximate surface area is 214 Å². The molecule has 4 rings (SSSR count). The van der Waals surface area contributed by atoms with Crippen molar-refractivity contribution in [1.29, 1.82) is 0 Å². The molecule has 1 N–H and O–H groups in total. The lowest BCUT2D eigenvalue weighted by Gasteiger charge is -2.27. The van der Waals surface area contributed by atoms with Crippen LogP contribution in [0.5, 0.6) is 5.75 Å². The normalized spacial score (nSPS) is 20.9. The van der Waals surface area contributed by atoms with Crippen molar-refractivity contribution in [1.82, 2.24) is 9.80 Å². The van der Waals surface area contributed by atoms with E-state index >= 15 is 0 Å². The fraction of sp³-hybridized carbons (Fsp3) is 0.467. The molecule has 1 saturated heterocycles. The van der Waals surface area contributed by atoms with Gasteiger partial charge in [0, 0.05) is 18.5 Å². The second kappa shape index (κ2) is 10.9. The molecular weight excluding hydrogens is 452 g/mol. The third-order valence-electron chi connectivity index (χ3n) is 7.40. The van der Waals surface area contributed by atoms with Gasteiger partial charge in [-0.1, -0.05) is 52.0 Å². The molecule has 2 aliphatic rings. The van der Waals surface area contributed by atoms with Gasteiger partial charge in [-0.2, -0.15) is 0 Å². The molecule has 36 heavy (non-hydrogen) atoms. The van der Waals surface area contributed by atoms with Gasteiger partial charge in [0.25, 0.3) is 11.7 Å². The maximum Gasteiger partial charge on any atom is 0.295 e. The van der Waals surface area contributed by atoms with Crippen molar-refractivity contribution < 1.29 is 19.4 Å². The number of Topliss-reactive ketones (excluding diaryl/α,β-unsaturated/α-hetero) is 1. The van der Waals surface area contributed by atoms with E-state index in [2.05, 4.69) is 32.6 Å². The van der Waals surface area contributed by atoms with Gasteiger partial charge in [0.15, 0.2) is 0 Å². The van der Waals surface area contributed by atoms with Gasteiger partial charge in [-0.25, -0.2) is 0 Å². The maximum atomic E-state index is 13.3. The van der Waals surface area contributed by atoms with E-state index in [1.165, 1.54) is 5.56 Å². The zero-order chi connectivity index (χ0) is 26.0. The molecule has 0 spiro atoms. The Morgan fingerprint density at radius 2 is 1.81 bits per heavy atom. The van der Waals surface area contributed by atoms with Gasteiger partial charge >= 0.3 is 0 Å². The molecule has 0 bridgehead atoms. The monoisotopic (exact) mass is 490 g/mol. The number of aliphatic hydroxyl groups excluding tert-OH is 1. The Hall–Kier alpha value is -3.12. The predicted molar refractivity (Wildman–Crippen MR) is 142 cm³/mol. The maximum absolute atomic E-state index is 13.3. The van der Waals surface area contributed by atoms with Crippen LogP contribution in [-0.2, 0) is 16.0 Å². The van der Waals surface area contributed by atoms with Gasteiger partial charge in [0.05, 0.1) is 11.6 Å². The summed E-state index contributed by atoms with van der Waals surface area (Å²) in [6, 6.07) is 12.9. The summed E-state index contributed by atoms with van der Waals surface area (Å²) in [4.78, 5) is 30.5. The number of aliphatic hydroxyl groups is 1. The molecule has 6 nitrogen and oxygen atoms in total. The third-order valence-corrected chi connectivity index (χ3v) is 7.40.